The standard InChI is InChI=1S/C22H24ClN3O2/c23-17-6-1-2-7-18(17)24-9-11-25(12-10-24)22(27)20-14-21-19(8-13-28-21)26(20)15-16-4-3-5-16/h1-2,6-8,13-14,16H,3-5,9-12,15H2. The summed E-state index contributed by atoms with van der Waals surface area (Å²) in [6.45, 7) is 3.87. The molecule has 0 atom stereocenters. The first-order valence-electron chi connectivity index (χ1n) is 10.1. The first-order chi connectivity index (χ1) is 13.7. The Balaban J connectivity index is 1.34. The molecule has 5 rings (SSSR count). The van der Waals surface area contributed by atoms with Crippen molar-refractivity contribution in [1.82, 2.24) is 9.47 Å². The van der Waals surface area contributed by atoms with Crippen LogP contribution >= 0.6 is 11.6 Å². The third-order valence-corrected chi connectivity index (χ3v) is 6.49. The summed E-state index contributed by atoms with van der Waals surface area (Å²) in [5, 5.41) is 0.761. The van der Waals surface area contributed by atoms with E-state index in [2.05, 4.69) is 9.47 Å². The number of hydrogen-bond donors (Lipinski definition) is 0. The molecule has 2 aromatic heterocycles. The topological polar surface area (TPSA) is 41.6 Å². The van der Waals surface area contributed by atoms with Crippen LogP contribution in [0.5, 0.6) is 0 Å². The van der Waals surface area contributed by atoms with Gasteiger partial charge < -0.3 is 18.8 Å². The van der Waals surface area contributed by atoms with Crippen molar-refractivity contribution < 1.29 is 9.21 Å². The zero-order chi connectivity index (χ0) is 19.1. The SMILES string of the molecule is O=C(c1cc2occc2n1CC1CCC1)N1CCN(c2ccccc2Cl)CC1. The molecule has 1 aliphatic carbocycles. The van der Waals surface area contributed by atoms with Gasteiger partial charge in [-0.25, -0.2) is 0 Å². The first kappa shape index (κ1) is 17.7. The van der Waals surface area contributed by atoms with Crippen molar-refractivity contribution >= 4 is 34.3 Å². The highest BCUT2D eigenvalue weighted by Gasteiger charge is 2.28. The van der Waals surface area contributed by atoms with E-state index in [1.165, 1.54) is 19.3 Å². The van der Waals surface area contributed by atoms with Gasteiger partial charge in [0.1, 0.15) is 5.69 Å². The Morgan fingerprint density at radius 3 is 2.61 bits per heavy atom. The lowest BCUT2D eigenvalue weighted by atomic mass is 9.85. The maximum atomic E-state index is 13.3. The first-order valence-corrected chi connectivity index (χ1v) is 10.4. The van der Waals surface area contributed by atoms with E-state index in [0.29, 0.717) is 19.0 Å². The number of hydrogen-bond acceptors (Lipinski definition) is 3. The van der Waals surface area contributed by atoms with E-state index in [1.807, 2.05) is 41.3 Å². The molecule has 0 unspecified atom stereocenters. The lowest BCUT2D eigenvalue weighted by Crippen LogP contribution is -2.49. The Morgan fingerprint density at radius 2 is 1.89 bits per heavy atom. The minimum absolute atomic E-state index is 0.101. The second-order valence-corrected chi connectivity index (χ2v) is 8.25. The van der Waals surface area contributed by atoms with Crippen LogP contribution in [0.25, 0.3) is 11.1 Å². The molecule has 0 radical (unpaired) electrons. The molecule has 0 N–H and O–H groups in total. The molecule has 6 heteroatoms. The number of carbonyl (C=O) groups excluding carboxylic acids is 1. The summed E-state index contributed by atoms with van der Waals surface area (Å²) in [6, 6.07) is 11.8. The Bertz CT molecular complexity index is 996. The quantitative estimate of drug-likeness (QED) is 0.643. The number of aromatic nitrogens is 1. The third-order valence-electron chi connectivity index (χ3n) is 6.17. The van der Waals surface area contributed by atoms with Gasteiger partial charge in [-0.3, -0.25) is 4.79 Å². The van der Waals surface area contributed by atoms with Gasteiger partial charge in [0.25, 0.3) is 5.91 Å². The van der Waals surface area contributed by atoms with E-state index in [9.17, 15) is 4.79 Å². The van der Waals surface area contributed by atoms with E-state index < -0.39 is 0 Å². The molecule has 1 saturated carbocycles. The lowest BCUT2D eigenvalue weighted by molar-refractivity contribution is 0.0734. The van der Waals surface area contributed by atoms with Crippen molar-refractivity contribution in [3.05, 3.63) is 53.4 Å². The van der Waals surface area contributed by atoms with Gasteiger partial charge in [-0.15, -0.1) is 0 Å². The lowest BCUT2D eigenvalue weighted by Gasteiger charge is -2.36. The smallest absolute Gasteiger partial charge is 0.270 e. The molecule has 1 amide bonds. The minimum atomic E-state index is 0.101. The van der Waals surface area contributed by atoms with Crippen LogP contribution in [0.15, 0.2) is 47.1 Å². The van der Waals surface area contributed by atoms with Crippen molar-refractivity contribution in [2.24, 2.45) is 5.92 Å². The van der Waals surface area contributed by atoms with Crippen LogP contribution in [0, 0.1) is 5.92 Å². The number of amides is 1. The zero-order valence-electron chi connectivity index (χ0n) is 15.8. The molecule has 1 aliphatic heterocycles. The number of piperazine rings is 1. The van der Waals surface area contributed by atoms with Crippen molar-refractivity contribution in [2.45, 2.75) is 25.8 Å². The summed E-state index contributed by atoms with van der Waals surface area (Å²) in [5.74, 6) is 0.777. The maximum absolute atomic E-state index is 13.3. The molecule has 28 heavy (non-hydrogen) atoms. The highest BCUT2D eigenvalue weighted by atomic mass is 35.5. The van der Waals surface area contributed by atoms with E-state index in [0.717, 1.165) is 47.1 Å². The average Bonchev–Trinajstić information content (AvgIpc) is 3.26. The van der Waals surface area contributed by atoms with Crippen molar-refractivity contribution in [3.63, 3.8) is 0 Å². The third kappa shape index (κ3) is 3.08. The molecule has 5 nitrogen and oxygen atoms in total. The number of rotatable bonds is 4. The molecule has 3 aromatic rings. The van der Waals surface area contributed by atoms with E-state index in [4.69, 9.17) is 16.0 Å². The molecule has 1 aromatic carbocycles. The van der Waals surface area contributed by atoms with Crippen LogP contribution in [0.4, 0.5) is 5.69 Å². The minimum Gasteiger partial charge on any atom is -0.463 e. The van der Waals surface area contributed by atoms with Gasteiger partial charge in [-0.1, -0.05) is 30.2 Å². The number of para-hydroxylation sites is 1. The van der Waals surface area contributed by atoms with Gasteiger partial charge in [0.2, 0.25) is 0 Å². The normalized spacial score (nSPS) is 17.9. The van der Waals surface area contributed by atoms with Crippen molar-refractivity contribution in [2.75, 3.05) is 31.1 Å². The molecule has 146 valence electrons. The summed E-state index contributed by atoms with van der Waals surface area (Å²) in [4.78, 5) is 17.5. The van der Waals surface area contributed by atoms with Crippen LogP contribution in [0.1, 0.15) is 29.8 Å². The Hall–Kier alpha value is -2.40. The van der Waals surface area contributed by atoms with Gasteiger partial charge in [-0.2, -0.15) is 0 Å². The number of halogens is 1. The fourth-order valence-corrected chi connectivity index (χ4v) is 4.56. The van der Waals surface area contributed by atoms with Gasteiger partial charge in [-0.05, 0) is 30.9 Å². The summed E-state index contributed by atoms with van der Waals surface area (Å²) in [7, 11) is 0. The Morgan fingerprint density at radius 1 is 1.11 bits per heavy atom. The van der Waals surface area contributed by atoms with E-state index >= 15 is 0 Å². The number of carbonyl (C=O) groups is 1. The molecule has 0 bridgehead atoms. The largest absolute Gasteiger partial charge is 0.463 e. The van der Waals surface area contributed by atoms with E-state index in [-0.39, 0.29) is 5.91 Å². The van der Waals surface area contributed by atoms with Gasteiger partial charge in [0.15, 0.2) is 5.58 Å². The van der Waals surface area contributed by atoms with Crippen molar-refractivity contribution in [1.29, 1.82) is 0 Å². The maximum Gasteiger partial charge on any atom is 0.270 e. The average molecular weight is 398 g/mol. The Kier molecular flexibility index (Phi) is 4.55. The second-order valence-electron chi connectivity index (χ2n) is 7.84. The molecule has 3 heterocycles. The molecule has 1 saturated heterocycles. The highest BCUT2D eigenvalue weighted by Crippen LogP contribution is 2.32. The second kappa shape index (κ2) is 7.21. The fraction of sp³-hybridized carbons (Fsp3) is 0.409. The number of anilines is 1. The van der Waals surface area contributed by atoms with Crippen LogP contribution in [-0.2, 0) is 6.54 Å². The number of nitrogens with zero attached hydrogens (tertiary/aromatic N) is 3. The predicted octanol–water partition coefficient (Wildman–Crippen LogP) is 4.65. The molecule has 2 fully saturated rings. The van der Waals surface area contributed by atoms with Crippen LogP contribution < -0.4 is 4.90 Å². The van der Waals surface area contributed by atoms with Crippen LogP contribution in [-0.4, -0.2) is 41.6 Å². The number of benzene rings is 1. The van der Waals surface area contributed by atoms with Crippen molar-refractivity contribution in [3.8, 4) is 0 Å². The van der Waals surface area contributed by atoms with Gasteiger partial charge in [0.05, 0.1) is 22.5 Å². The predicted molar refractivity (Wildman–Crippen MR) is 111 cm³/mol. The van der Waals surface area contributed by atoms with Crippen LogP contribution in [0.2, 0.25) is 5.02 Å². The molecule has 2 aliphatic rings. The highest BCUT2D eigenvalue weighted by molar-refractivity contribution is 6.33. The summed E-state index contributed by atoms with van der Waals surface area (Å²) in [6.07, 6.45) is 5.51. The van der Waals surface area contributed by atoms with Crippen LogP contribution in [0.3, 0.4) is 0 Å². The number of fused-ring (bicyclic) bond motifs is 1. The summed E-state index contributed by atoms with van der Waals surface area (Å²) >= 11 is 6.34. The summed E-state index contributed by atoms with van der Waals surface area (Å²) < 4.78 is 7.76. The number of furan rings is 1. The fourth-order valence-electron chi connectivity index (χ4n) is 4.31. The van der Waals surface area contributed by atoms with Gasteiger partial charge >= 0.3 is 0 Å². The van der Waals surface area contributed by atoms with E-state index in [1.54, 1.807) is 6.26 Å². The molecular weight excluding hydrogens is 374 g/mol. The Labute approximate surface area is 169 Å². The molecular formula is C22H24ClN3O2. The summed E-state index contributed by atoms with van der Waals surface area (Å²) in [5.41, 5.74) is 3.64. The monoisotopic (exact) mass is 397 g/mol. The zero-order valence-corrected chi connectivity index (χ0v) is 16.6. The molecule has 0 spiro atoms. The van der Waals surface area contributed by atoms with Gasteiger partial charge in [0, 0.05) is 44.9 Å².